The molecule has 2 heterocycles. The smallest absolute Gasteiger partial charge is 0.330 e. The molecule has 4 nitrogen and oxygen atoms in total. The van der Waals surface area contributed by atoms with Crippen LogP contribution in [0.15, 0.2) is 11.6 Å². The highest BCUT2D eigenvalue weighted by Gasteiger charge is 2.28. The van der Waals surface area contributed by atoms with Crippen LogP contribution in [0.2, 0.25) is 0 Å². The summed E-state index contributed by atoms with van der Waals surface area (Å²) in [5.74, 6) is -0.803. The summed E-state index contributed by atoms with van der Waals surface area (Å²) in [6.07, 6.45) is 5.67. The maximum atomic E-state index is 10.7. The number of carbonyl (C=O) groups is 1. The van der Waals surface area contributed by atoms with Gasteiger partial charge >= 0.3 is 5.97 Å². The Labute approximate surface area is 103 Å². The van der Waals surface area contributed by atoms with Crippen molar-refractivity contribution in [1.29, 1.82) is 0 Å². The number of rotatable bonds is 3. The van der Waals surface area contributed by atoms with Crippen molar-refractivity contribution in [3.8, 4) is 0 Å². The van der Waals surface area contributed by atoms with Gasteiger partial charge in [-0.1, -0.05) is 6.08 Å². The molecule has 1 N–H and O–H groups in total. The van der Waals surface area contributed by atoms with Gasteiger partial charge in [-0.15, -0.1) is 0 Å². The van der Waals surface area contributed by atoms with Crippen LogP contribution in [0.4, 0.5) is 0 Å². The number of aliphatic carboxylic acids is 1. The van der Waals surface area contributed by atoms with Crippen molar-refractivity contribution in [3.63, 3.8) is 0 Å². The number of fused-ring (bicyclic) bond motifs is 1. The molecule has 0 aliphatic carbocycles. The van der Waals surface area contributed by atoms with E-state index in [0.717, 1.165) is 19.6 Å². The first-order chi connectivity index (χ1) is 8.16. The molecule has 1 atom stereocenters. The molecular weight excluding hydrogens is 216 g/mol. The van der Waals surface area contributed by atoms with Crippen LogP contribution >= 0.6 is 0 Å². The fraction of sp³-hybridized carbons (Fsp3) is 0.769. The zero-order chi connectivity index (χ0) is 12.3. The second-order valence-corrected chi connectivity index (χ2v) is 5.14. The summed E-state index contributed by atoms with van der Waals surface area (Å²) in [4.78, 5) is 15.7. The van der Waals surface area contributed by atoms with Gasteiger partial charge in [-0.3, -0.25) is 9.80 Å². The molecule has 2 aliphatic rings. The van der Waals surface area contributed by atoms with Gasteiger partial charge in [-0.25, -0.2) is 4.79 Å². The summed E-state index contributed by atoms with van der Waals surface area (Å²) in [6, 6.07) is 0.705. The van der Waals surface area contributed by atoms with Gasteiger partial charge < -0.3 is 5.11 Å². The van der Waals surface area contributed by atoms with Gasteiger partial charge in [0.15, 0.2) is 0 Å². The molecule has 0 aromatic carbocycles. The number of carboxylic acid groups (broad SMARTS) is 1. The SMILES string of the molecule is CC(=CCN1CCCN2CCCC2C1)C(=O)O. The minimum Gasteiger partial charge on any atom is -0.478 e. The molecule has 0 amide bonds. The summed E-state index contributed by atoms with van der Waals surface area (Å²) in [5.41, 5.74) is 0.456. The lowest BCUT2D eigenvalue weighted by Gasteiger charge is -2.24. The highest BCUT2D eigenvalue weighted by molar-refractivity contribution is 5.85. The second kappa shape index (κ2) is 5.65. The fourth-order valence-electron chi connectivity index (χ4n) is 2.80. The Morgan fingerprint density at radius 2 is 2.12 bits per heavy atom. The molecule has 1 unspecified atom stereocenters. The van der Waals surface area contributed by atoms with Crippen molar-refractivity contribution >= 4 is 5.97 Å². The van der Waals surface area contributed by atoms with E-state index in [4.69, 9.17) is 5.11 Å². The van der Waals surface area contributed by atoms with Crippen LogP contribution in [0.1, 0.15) is 26.2 Å². The average Bonchev–Trinajstić information content (AvgIpc) is 2.64. The third-order valence-electron chi connectivity index (χ3n) is 3.88. The number of carboxylic acids is 1. The van der Waals surface area contributed by atoms with Crippen molar-refractivity contribution in [2.24, 2.45) is 0 Å². The lowest BCUT2D eigenvalue weighted by atomic mass is 10.2. The van der Waals surface area contributed by atoms with E-state index < -0.39 is 5.97 Å². The van der Waals surface area contributed by atoms with Crippen LogP contribution in [0, 0.1) is 0 Å². The lowest BCUT2D eigenvalue weighted by molar-refractivity contribution is -0.132. The van der Waals surface area contributed by atoms with Crippen LogP contribution in [0.5, 0.6) is 0 Å². The first-order valence-electron chi connectivity index (χ1n) is 6.53. The molecule has 17 heavy (non-hydrogen) atoms. The monoisotopic (exact) mass is 238 g/mol. The zero-order valence-electron chi connectivity index (χ0n) is 10.6. The van der Waals surface area contributed by atoms with Crippen LogP contribution in [-0.2, 0) is 4.79 Å². The molecular formula is C13H22N2O2. The van der Waals surface area contributed by atoms with Crippen molar-refractivity contribution in [3.05, 3.63) is 11.6 Å². The molecule has 0 saturated carbocycles. The Morgan fingerprint density at radius 3 is 2.88 bits per heavy atom. The predicted molar refractivity (Wildman–Crippen MR) is 67.0 cm³/mol. The molecule has 0 radical (unpaired) electrons. The predicted octanol–water partition coefficient (Wildman–Crippen LogP) is 1.19. The maximum absolute atomic E-state index is 10.7. The minimum absolute atomic E-state index is 0.456. The fourth-order valence-corrected chi connectivity index (χ4v) is 2.80. The Bertz CT molecular complexity index is 315. The van der Waals surface area contributed by atoms with Gasteiger partial charge in [0.05, 0.1) is 0 Å². The van der Waals surface area contributed by atoms with E-state index in [0.29, 0.717) is 11.6 Å². The summed E-state index contributed by atoms with van der Waals surface area (Å²) in [7, 11) is 0. The summed E-state index contributed by atoms with van der Waals surface area (Å²) < 4.78 is 0. The van der Waals surface area contributed by atoms with E-state index in [9.17, 15) is 4.79 Å². The van der Waals surface area contributed by atoms with E-state index in [2.05, 4.69) is 9.80 Å². The topological polar surface area (TPSA) is 43.8 Å². The zero-order valence-corrected chi connectivity index (χ0v) is 10.6. The first kappa shape index (κ1) is 12.6. The molecule has 4 heteroatoms. The van der Waals surface area contributed by atoms with Crippen LogP contribution in [0.25, 0.3) is 0 Å². The van der Waals surface area contributed by atoms with Crippen molar-refractivity contribution < 1.29 is 9.90 Å². The van der Waals surface area contributed by atoms with Gasteiger partial charge in [0.1, 0.15) is 0 Å². The quantitative estimate of drug-likeness (QED) is 0.750. The molecule has 0 bridgehead atoms. The Balaban J connectivity index is 1.88. The van der Waals surface area contributed by atoms with Crippen molar-refractivity contribution in [1.82, 2.24) is 9.80 Å². The van der Waals surface area contributed by atoms with Crippen LogP contribution < -0.4 is 0 Å². The van der Waals surface area contributed by atoms with Gasteiger partial charge in [0.25, 0.3) is 0 Å². The molecule has 0 aromatic rings. The number of hydrogen-bond acceptors (Lipinski definition) is 3. The maximum Gasteiger partial charge on any atom is 0.330 e. The lowest BCUT2D eigenvalue weighted by Crippen LogP contribution is -2.36. The van der Waals surface area contributed by atoms with Crippen LogP contribution in [-0.4, -0.2) is 59.6 Å². The van der Waals surface area contributed by atoms with Gasteiger partial charge in [-0.05, 0) is 45.8 Å². The normalized spacial score (nSPS) is 27.8. The van der Waals surface area contributed by atoms with Gasteiger partial charge in [0.2, 0.25) is 0 Å². The van der Waals surface area contributed by atoms with E-state index in [1.54, 1.807) is 6.92 Å². The molecule has 0 aromatic heterocycles. The van der Waals surface area contributed by atoms with Crippen molar-refractivity contribution in [2.75, 3.05) is 32.7 Å². The van der Waals surface area contributed by atoms with E-state index >= 15 is 0 Å². The number of hydrogen-bond donors (Lipinski definition) is 1. The summed E-state index contributed by atoms with van der Waals surface area (Å²) >= 11 is 0. The first-order valence-corrected chi connectivity index (χ1v) is 6.53. The molecule has 2 aliphatic heterocycles. The third-order valence-corrected chi connectivity index (χ3v) is 3.88. The second-order valence-electron chi connectivity index (χ2n) is 5.14. The largest absolute Gasteiger partial charge is 0.478 e. The molecule has 2 fully saturated rings. The third kappa shape index (κ3) is 3.30. The highest BCUT2D eigenvalue weighted by Crippen LogP contribution is 2.21. The Hall–Kier alpha value is -0.870. The van der Waals surface area contributed by atoms with E-state index in [1.807, 2.05) is 6.08 Å². The highest BCUT2D eigenvalue weighted by atomic mass is 16.4. The van der Waals surface area contributed by atoms with Gasteiger partial charge in [-0.2, -0.15) is 0 Å². The molecule has 96 valence electrons. The Morgan fingerprint density at radius 1 is 1.35 bits per heavy atom. The van der Waals surface area contributed by atoms with Gasteiger partial charge in [0, 0.05) is 24.7 Å². The Kier molecular flexibility index (Phi) is 4.18. The molecule has 2 rings (SSSR count). The molecule has 0 spiro atoms. The standard InChI is InChI=1S/C13H22N2O2/c1-11(13(16)17)5-9-14-6-3-8-15-7-2-4-12(15)10-14/h5,12H,2-4,6-10H2,1H3,(H,16,17). The number of nitrogens with zero attached hydrogens (tertiary/aromatic N) is 2. The average molecular weight is 238 g/mol. The van der Waals surface area contributed by atoms with Crippen LogP contribution in [0.3, 0.4) is 0 Å². The van der Waals surface area contributed by atoms with E-state index in [1.165, 1.54) is 32.4 Å². The van der Waals surface area contributed by atoms with Crippen molar-refractivity contribution in [2.45, 2.75) is 32.2 Å². The van der Waals surface area contributed by atoms with E-state index in [-0.39, 0.29) is 0 Å². The minimum atomic E-state index is -0.803. The summed E-state index contributed by atoms with van der Waals surface area (Å²) in [6.45, 7) is 7.11. The summed E-state index contributed by atoms with van der Waals surface area (Å²) in [5, 5.41) is 8.82. The molecule has 2 saturated heterocycles.